The molecule has 11 nitrogen and oxygen atoms in total. The van der Waals surface area contributed by atoms with Gasteiger partial charge in [0, 0.05) is 29.3 Å². The van der Waals surface area contributed by atoms with E-state index in [2.05, 4.69) is 60.9 Å². The van der Waals surface area contributed by atoms with Crippen LogP contribution in [-0.4, -0.2) is 87.3 Å². The zero-order chi connectivity index (χ0) is 32.7. The molecule has 3 rings (SSSR count). The van der Waals surface area contributed by atoms with Gasteiger partial charge in [-0.25, -0.2) is 5.43 Å². The average Bonchev–Trinajstić information content (AvgIpc) is 2.97. The van der Waals surface area contributed by atoms with Crippen molar-refractivity contribution in [2.45, 2.75) is 83.2 Å². The molecule has 3 unspecified atom stereocenters. The lowest BCUT2D eigenvalue weighted by Crippen LogP contribution is -2.60. The molecule has 2 aromatic rings. The number of fused-ring (bicyclic) bond motifs is 1. The third-order valence-corrected chi connectivity index (χ3v) is 11.6. The first-order chi connectivity index (χ1) is 20.6. The molecule has 1 aliphatic heterocycles. The predicted octanol–water partition coefficient (Wildman–Crippen LogP) is 3.56. The van der Waals surface area contributed by atoms with Crippen molar-refractivity contribution >= 4 is 50.8 Å². The van der Waals surface area contributed by atoms with E-state index >= 15 is 0 Å². The molecule has 1 aliphatic rings. The minimum atomic E-state index is -1.61. The number of nitrogens with one attached hydrogen (secondary N) is 3. The van der Waals surface area contributed by atoms with Gasteiger partial charge >= 0.3 is 5.97 Å². The van der Waals surface area contributed by atoms with Gasteiger partial charge in [0.05, 0.1) is 12.3 Å². The molecule has 1 aromatic carbocycles. The van der Waals surface area contributed by atoms with Crippen molar-refractivity contribution in [1.82, 2.24) is 26.1 Å². The Bertz CT molecular complexity index is 1390. The highest BCUT2D eigenvalue weighted by atomic mass is 32.3. The van der Waals surface area contributed by atoms with E-state index < -0.39 is 46.2 Å². The van der Waals surface area contributed by atoms with Gasteiger partial charge in [-0.05, 0) is 61.8 Å². The molecule has 2 heterocycles. The first kappa shape index (κ1) is 35.0. The molecule has 242 valence electrons. The Morgan fingerprint density at radius 2 is 1.91 bits per heavy atom. The van der Waals surface area contributed by atoms with Crippen LogP contribution in [0.5, 0.6) is 0 Å². The first-order valence-corrected chi connectivity index (χ1v) is 17.3. The molecule has 0 aliphatic carbocycles. The number of rotatable bonds is 12. The second-order valence-corrected chi connectivity index (χ2v) is 16.3. The van der Waals surface area contributed by atoms with E-state index in [9.17, 15) is 24.3 Å². The highest BCUT2D eigenvalue weighted by Gasteiger charge is 2.34. The molecule has 0 saturated carbocycles. The van der Waals surface area contributed by atoms with Crippen LogP contribution < -0.4 is 16.1 Å². The highest BCUT2D eigenvalue weighted by molar-refractivity contribution is 8.29. The molecule has 1 aromatic heterocycles. The number of pyridine rings is 1. The monoisotopic (exact) mass is 629 g/mol. The number of benzene rings is 1. The second kappa shape index (κ2) is 15.0. The number of carbonyl (C=O) groups is 4. The van der Waals surface area contributed by atoms with Crippen molar-refractivity contribution in [3.63, 3.8) is 0 Å². The van der Waals surface area contributed by atoms with E-state index in [0.717, 1.165) is 22.9 Å². The van der Waals surface area contributed by atoms with Gasteiger partial charge in [0.25, 0.3) is 5.91 Å². The quantitative estimate of drug-likeness (QED) is 0.278. The SMILES string of the molecule is CCc1ccc2cnc(/C=C/CC(=O)NC(COS(C)(C)C(C)(C)C)C(=O)NC(C)C(=O)N3CCCC(C(=O)O)N3)cc2c1. The Morgan fingerprint density at radius 1 is 1.18 bits per heavy atom. The Hall–Kier alpha value is -3.48. The van der Waals surface area contributed by atoms with Crippen molar-refractivity contribution < 1.29 is 28.5 Å². The van der Waals surface area contributed by atoms with Gasteiger partial charge in [0.2, 0.25) is 11.8 Å². The first-order valence-electron chi connectivity index (χ1n) is 14.9. The second-order valence-electron chi connectivity index (χ2n) is 12.4. The molecule has 1 fully saturated rings. The smallest absolute Gasteiger partial charge is 0.322 e. The summed E-state index contributed by atoms with van der Waals surface area (Å²) >= 11 is 0. The maximum atomic E-state index is 13.4. The molecule has 0 bridgehead atoms. The number of nitrogens with zero attached hydrogens (tertiary/aromatic N) is 2. The lowest BCUT2D eigenvalue weighted by molar-refractivity contribution is -0.148. The molecule has 0 spiro atoms. The number of aliphatic carboxylic acids is 1. The lowest BCUT2D eigenvalue weighted by Gasteiger charge is -2.44. The molecule has 0 radical (unpaired) electrons. The van der Waals surface area contributed by atoms with Crippen molar-refractivity contribution in [1.29, 1.82) is 0 Å². The number of carboxylic acids is 1. The Balaban J connectivity index is 1.67. The summed E-state index contributed by atoms with van der Waals surface area (Å²) in [6, 6.07) is 5.35. The summed E-state index contributed by atoms with van der Waals surface area (Å²) in [6.07, 6.45) is 11.1. The number of hydrogen-bond donors (Lipinski definition) is 4. The van der Waals surface area contributed by atoms with E-state index in [0.29, 0.717) is 19.4 Å². The van der Waals surface area contributed by atoms with Crippen molar-refractivity contribution in [2.24, 2.45) is 0 Å². The number of carboxylic acid groups (broad SMARTS) is 1. The fraction of sp³-hybridized carbons (Fsp3) is 0.531. The maximum Gasteiger partial charge on any atom is 0.322 e. The molecular formula is C32H47N5O6S. The topological polar surface area (TPSA) is 150 Å². The molecular weight excluding hydrogens is 582 g/mol. The number of carbonyl (C=O) groups excluding carboxylic acids is 3. The Morgan fingerprint density at radius 3 is 2.57 bits per heavy atom. The summed E-state index contributed by atoms with van der Waals surface area (Å²) in [5.74, 6) is -2.46. The van der Waals surface area contributed by atoms with E-state index in [1.54, 1.807) is 18.3 Å². The number of aromatic nitrogens is 1. The van der Waals surface area contributed by atoms with E-state index in [4.69, 9.17) is 4.18 Å². The molecule has 1 saturated heterocycles. The van der Waals surface area contributed by atoms with Crippen LogP contribution in [-0.2, 0) is 29.8 Å². The Labute approximate surface area is 261 Å². The van der Waals surface area contributed by atoms with Gasteiger partial charge in [0.1, 0.15) is 18.1 Å². The lowest BCUT2D eigenvalue weighted by atomic mass is 10.1. The fourth-order valence-electron chi connectivity index (χ4n) is 4.39. The van der Waals surface area contributed by atoms with E-state index in [1.165, 1.54) is 17.5 Å². The molecule has 3 amide bonds. The van der Waals surface area contributed by atoms with Crippen LogP contribution in [0, 0.1) is 0 Å². The minimum Gasteiger partial charge on any atom is -0.480 e. The van der Waals surface area contributed by atoms with Gasteiger partial charge in [0.15, 0.2) is 0 Å². The van der Waals surface area contributed by atoms with Gasteiger partial charge in [-0.2, -0.15) is 0 Å². The van der Waals surface area contributed by atoms with Gasteiger partial charge in [-0.3, -0.25) is 29.2 Å². The molecule has 3 atom stereocenters. The standard InChI is InChI=1S/C32H47N5O6S/c1-8-22-14-15-23-19-33-25(18-24(23)17-22)11-9-13-28(38)35-27(20-43-44(6,7)32(3,4)5)29(39)34-21(2)30(40)37-16-10-12-26(36-37)31(41)42/h9,11,14-15,17-19,21,26-27,36H,8,10,12-13,16,20H2,1-7H3,(H,34,39)(H,35,38)(H,41,42)/b11-9+. The third kappa shape index (κ3) is 9.51. The predicted molar refractivity (Wildman–Crippen MR) is 175 cm³/mol. The van der Waals surface area contributed by atoms with E-state index in [-0.39, 0.29) is 23.7 Å². The zero-order valence-electron chi connectivity index (χ0n) is 26.8. The van der Waals surface area contributed by atoms with Crippen molar-refractivity contribution in [2.75, 3.05) is 25.7 Å². The van der Waals surface area contributed by atoms with Crippen molar-refractivity contribution in [3.8, 4) is 0 Å². The average molecular weight is 630 g/mol. The van der Waals surface area contributed by atoms with Crippen LogP contribution in [0.15, 0.2) is 36.5 Å². The van der Waals surface area contributed by atoms with Gasteiger partial charge < -0.3 is 19.9 Å². The van der Waals surface area contributed by atoms with E-state index in [1.807, 2.05) is 24.6 Å². The van der Waals surface area contributed by atoms with Gasteiger partial charge in [-0.1, -0.05) is 52.0 Å². The summed E-state index contributed by atoms with van der Waals surface area (Å²) in [6.45, 7) is 10.1. The normalized spacial score (nSPS) is 17.7. The van der Waals surface area contributed by atoms with Gasteiger partial charge in [-0.15, -0.1) is 10.3 Å². The molecule has 12 heteroatoms. The summed E-state index contributed by atoms with van der Waals surface area (Å²) in [5.41, 5.74) is 4.66. The number of amides is 3. The van der Waals surface area contributed by atoms with Crippen LogP contribution in [0.25, 0.3) is 16.8 Å². The number of aryl methyl sites for hydroxylation is 1. The third-order valence-electron chi connectivity index (χ3n) is 7.94. The summed E-state index contributed by atoms with van der Waals surface area (Å²) < 4.78 is 6.05. The van der Waals surface area contributed by atoms with Crippen LogP contribution in [0.2, 0.25) is 0 Å². The minimum absolute atomic E-state index is 0.0107. The fourth-order valence-corrected chi connectivity index (χ4v) is 5.22. The van der Waals surface area contributed by atoms with Crippen LogP contribution in [0.3, 0.4) is 0 Å². The summed E-state index contributed by atoms with van der Waals surface area (Å²) in [4.78, 5) is 55.2. The zero-order valence-corrected chi connectivity index (χ0v) is 27.6. The highest BCUT2D eigenvalue weighted by Crippen LogP contribution is 2.53. The van der Waals surface area contributed by atoms with Crippen LogP contribution >= 0.6 is 10.3 Å². The Kier molecular flexibility index (Phi) is 11.9. The number of hydrogen-bond acceptors (Lipinski definition) is 7. The largest absolute Gasteiger partial charge is 0.480 e. The molecule has 4 N–H and O–H groups in total. The van der Waals surface area contributed by atoms with Crippen molar-refractivity contribution in [3.05, 3.63) is 47.8 Å². The maximum absolute atomic E-state index is 13.4. The van der Waals surface area contributed by atoms with Crippen LogP contribution in [0.1, 0.15) is 65.1 Å². The number of hydrazine groups is 1. The van der Waals surface area contributed by atoms with Crippen LogP contribution in [0.4, 0.5) is 0 Å². The molecule has 44 heavy (non-hydrogen) atoms. The summed E-state index contributed by atoms with van der Waals surface area (Å²) in [7, 11) is -1.61. The summed E-state index contributed by atoms with van der Waals surface area (Å²) in [5, 5.41) is 18.1.